The van der Waals surface area contributed by atoms with Crippen molar-refractivity contribution in [3.05, 3.63) is 12.4 Å². The van der Waals surface area contributed by atoms with E-state index in [1.54, 1.807) is 12.5 Å². The van der Waals surface area contributed by atoms with Gasteiger partial charge in [-0.25, -0.2) is 4.98 Å². The lowest BCUT2D eigenvalue weighted by Gasteiger charge is -2.13. The van der Waals surface area contributed by atoms with E-state index in [0.717, 1.165) is 12.5 Å². The number of nitrogens with zero attached hydrogens (tertiary/aromatic N) is 2. The highest BCUT2D eigenvalue weighted by atomic mass is 32.2. The lowest BCUT2D eigenvalue weighted by Crippen LogP contribution is -2.24. The van der Waals surface area contributed by atoms with E-state index in [-0.39, 0.29) is 6.04 Å². The highest BCUT2D eigenvalue weighted by Gasteiger charge is 2.07. The van der Waals surface area contributed by atoms with Gasteiger partial charge in [0.1, 0.15) is 0 Å². The van der Waals surface area contributed by atoms with E-state index >= 15 is 0 Å². The highest BCUT2D eigenvalue weighted by molar-refractivity contribution is 7.84. The summed E-state index contributed by atoms with van der Waals surface area (Å²) in [7, 11) is -0.765. The second kappa shape index (κ2) is 5.14. The number of hydrogen-bond acceptors (Lipinski definition) is 3. The first kappa shape index (κ1) is 11.2. The second-order valence-corrected chi connectivity index (χ2v) is 4.80. The quantitative estimate of drug-likeness (QED) is 0.799. The van der Waals surface area contributed by atoms with E-state index in [2.05, 4.69) is 17.2 Å². The van der Waals surface area contributed by atoms with Crippen molar-refractivity contribution in [1.82, 2.24) is 9.55 Å². The number of anilines is 1. The molecule has 0 aliphatic heterocycles. The number of rotatable bonds is 5. The van der Waals surface area contributed by atoms with E-state index in [1.807, 2.05) is 17.7 Å². The number of hydrogen-bond donors (Lipinski definition) is 1. The predicted molar refractivity (Wildman–Crippen MR) is 59.9 cm³/mol. The summed E-state index contributed by atoms with van der Waals surface area (Å²) in [5, 5.41) is 3.23. The number of aromatic nitrogens is 2. The van der Waals surface area contributed by atoms with Gasteiger partial charge in [0, 0.05) is 47.8 Å². The van der Waals surface area contributed by atoms with Crippen molar-refractivity contribution in [2.24, 2.45) is 0 Å². The standard InChI is InChI=1S/C9H17N3OS/c1-4-12-6-5-10-9(12)11-8(2)7-14(3)13/h5-6,8H,4,7H2,1-3H3,(H,10,11). The Labute approximate surface area is 87.2 Å². The van der Waals surface area contributed by atoms with E-state index in [4.69, 9.17) is 0 Å². The Balaban J connectivity index is 2.55. The molecule has 0 aliphatic rings. The van der Waals surface area contributed by atoms with Crippen LogP contribution in [0.15, 0.2) is 12.4 Å². The summed E-state index contributed by atoms with van der Waals surface area (Å²) < 4.78 is 13.0. The van der Waals surface area contributed by atoms with Crippen LogP contribution in [0.5, 0.6) is 0 Å². The van der Waals surface area contributed by atoms with Crippen molar-refractivity contribution >= 4 is 16.7 Å². The van der Waals surface area contributed by atoms with Gasteiger partial charge in [-0.1, -0.05) is 0 Å². The molecule has 0 spiro atoms. The van der Waals surface area contributed by atoms with Gasteiger partial charge >= 0.3 is 0 Å². The SMILES string of the molecule is CCn1ccnc1NC(C)CS(C)=O. The first-order valence-corrected chi connectivity index (χ1v) is 6.44. The van der Waals surface area contributed by atoms with Crippen LogP contribution in [0.4, 0.5) is 5.95 Å². The molecule has 0 bridgehead atoms. The molecule has 1 aromatic heterocycles. The van der Waals surface area contributed by atoms with Crippen molar-refractivity contribution < 1.29 is 4.21 Å². The minimum atomic E-state index is -0.765. The van der Waals surface area contributed by atoms with Gasteiger partial charge in [-0.3, -0.25) is 4.21 Å². The summed E-state index contributed by atoms with van der Waals surface area (Å²) >= 11 is 0. The molecular formula is C9H17N3OS. The summed E-state index contributed by atoms with van der Waals surface area (Å²) in [6.07, 6.45) is 5.41. The zero-order chi connectivity index (χ0) is 10.6. The molecule has 2 atom stereocenters. The average molecular weight is 215 g/mol. The molecule has 0 radical (unpaired) electrons. The average Bonchev–Trinajstić information content (AvgIpc) is 2.50. The van der Waals surface area contributed by atoms with Crippen molar-refractivity contribution in [3.63, 3.8) is 0 Å². The van der Waals surface area contributed by atoms with Crippen LogP contribution < -0.4 is 5.32 Å². The minimum absolute atomic E-state index is 0.188. The van der Waals surface area contributed by atoms with Crippen LogP contribution in [0.2, 0.25) is 0 Å². The maximum absolute atomic E-state index is 11.0. The van der Waals surface area contributed by atoms with Gasteiger partial charge in [0.25, 0.3) is 0 Å². The molecule has 1 aromatic rings. The highest BCUT2D eigenvalue weighted by Crippen LogP contribution is 2.05. The molecule has 1 heterocycles. The molecular weight excluding hydrogens is 198 g/mol. The van der Waals surface area contributed by atoms with Crippen LogP contribution >= 0.6 is 0 Å². The largest absolute Gasteiger partial charge is 0.352 e. The van der Waals surface area contributed by atoms with Gasteiger partial charge in [0.2, 0.25) is 5.95 Å². The van der Waals surface area contributed by atoms with E-state index < -0.39 is 10.8 Å². The first-order valence-electron chi connectivity index (χ1n) is 4.71. The van der Waals surface area contributed by atoms with Crippen LogP contribution in [0.25, 0.3) is 0 Å². The Hall–Kier alpha value is -0.840. The molecule has 4 nitrogen and oxygen atoms in total. The Morgan fingerprint density at radius 1 is 1.71 bits per heavy atom. The molecule has 80 valence electrons. The smallest absolute Gasteiger partial charge is 0.202 e. The Morgan fingerprint density at radius 2 is 2.43 bits per heavy atom. The Morgan fingerprint density at radius 3 is 3.00 bits per heavy atom. The molecule has 2 unspecified atom stereocenters. The maximum atomic E-state index is 11.0. The van der Waals surface area contributed by atoms with Crippen molar-refractivity contribution in [1.29, 1.82) is 0 Å². The first-order chi connectivity index (χ1) is 6.63. The number of imidazole rings is 1. The molecule has 0 aromatic carbocycles. The topological polar surface area (TPSA) is 46.9 Å². The van der Waals surface area contributed by atoms with Crippen LogP contribution in [-0.2, 0) is 17.3 Å². The van der Waals surface area contributed by atoms with Gasteiger partial charge in [0.05, 0.1) is 0 Å². The van der Waals surface area contributed by atoms with Gasteiger partial charge in [-0.05, 0) is 13.8 Å². The van der Waals surface area contributed by atoms with E-state index in [9.17, 15) is 4.21 Å². The molecule has 0 amide bonds. The Bertz CT molecular complexity index is 311. The summed E-state index contributed by atoms with van der Waals surface area (Å²) in [4.78, 5) is 4.19. The van der Waals surface area contributed by atoms with Crippen LogP contribution in [0.3, 0.4) is 0 Å². The third-order valence-electron chi connectivity index (χ3n) is 1.92. The molecule has 14 heavy (non-hydrogen) atoms. The zero-order valence-corrected chi connectivity index (χ0v) is 9.67. The van der Waals surface area contributed by atoms with Crippen molar-refractivity contribution in [2.75, 3.05) is 17.3 Å². The van der Waals surface area contributed by atoms with Gasteiger partial charge in [-0.15, -0.1) is 0 Å². The number of nitrogens with one attached hydrogen (secondary N) is 1. The van der Waals surface area contributed by atoms with Crippen LogP contribution in [0.1, 0.15) is 13.8 Å². The predicted octanol–water partition coefficient (Wildman–Crippen LogP) is 1.08. The normalized spacial score (nSPS) is 15.1. The fraction of sp³-hybridized carbons (Fsp3) is 0.667. The maximum Gasteiger partial charge on any atom is 0.202 e. The summed E-state index contributed by atoms with van der Waals surface area (Å²) in [6, 6.07) is 0.188. The molecule has 0 saturated carbocycles. The lowest BCUT2D eigenvalue weighted by molar-refractivity contribution is 0.681. The lowest BCUT2D eigenvalue weighted by atomic mass is 10.4. The molecule has 1 N–H and O–H groups in total. The zero-order valence-electron chi connectivity index (χ0n) is 8.86. The summed E-state index contributed by atoms with van der Waals surface area (Å²) in [5.41, 5.74) is 0. The second-order valence-electron chi connectivity index (χ2n) is 3.32. The molecule has 0 fully saturated rings. The third kappa shape index (κ3) is 3.14. The third-order valence-corrected chi connectivity index (χ3v) is 2.89. The van der Waals surface area contributed by atoms with Crippen molar-refractivity contribution in [3.8, 4) is 0 Å². The Kier molecular flexibility index (Phi) is 4.13. The summed E-state index contributed by atoms with van der Waals surface area (Å²) in [5.74, 6) is 1.50. The molecule has 0 aliphatic carbocycles. The molecule has 5 heteroatoms. The summed E-state index contributed by atoms with van der Waals surface area (Å²) in [6.45, 7) is 4.97. The van der Waals surface area contributed by atoms with E-state index in [0.29, 0.717) is 5.75 Å². The molecule has 0 saturated heterocycles. The minimum Gasteiger partial charge on any atom is -0.352 e. The van der Waals surface area contributed by atoms with Crippen LogP contribution in [0, 0.1) is 0 Å². The van der Waals surface area contributed by atoms with Crippen LogP contribution in [-0.4, -0.2) is 31.8 Å². The number of aryl methyl sites for hydroxylation is 1. The van der Waals surface area contributed by atoms with Crippen molar-refractivity contribution in [2.45, 2.75) is 26.4 Å². The molecule has 1 rings (SSSR count). The fourth-order valence-corrected chi connectivity index (χ4v) is 2.11. The van der Waals surface area contributed by atoms with E-state index in [1.165, 1.54) is 0 Å². The van der Waals surface area contributed by atoms with Gasteiger partial charge in [-0.2, -0.15) is 0 Å². The van der Waals surface area contributed by atoms with Gasteiger partial charge in [0.15, 0.2) is 0 Å². The van der Waals surface area contributed by atoms with Gasteiger partial charge < -0.3 is 9.88 Å². The fourth-order valence-electron chi connectivity index (χ4n) is 1.32. The monoisotopic (exact) mass is 215 g/mol.